The quantitative estimate of drug-likeness (QED) is 0.532. The van der Waals surface area contributed by atoms with Gasteiger partial charge in [0.2, 0.25) is 5.91 Å². The fourth-order valence-electron chi connectivity index (χ4n) is 1.65. The van der Waals surface area contributed by atoms with Gasteiger partial charge in [0.05, 0.1) is 18.7 Å². The normalized spacial score (nSPS) is 10.2. The third-order valence-corrected chi connectivity index (χ3v) is 2.67. The molecule has 1 amide bonds. The number of benzene rings is 1. The summed E-state index contributed by atoms with van der Waals surface area (Å²) in [4.78, 5) is 23.1. The van der Waals surface area contributed by atoms with Crippen molar-refractivity contribution in [1.29, 1.82) is 0 Å². The van der Waals surface area contributed by atoms with Gasteiger partial charge in [-0.05, 0) is 44.2 Å². The van der Waals surface area contributed by atoms with Gasteiger partial charge in [0.25, 0.3) is 0 Å². The van der Waals surface area contributed by atoms with E-state index < -0.39 is 0 Å². The first-order valence-electron chi connectivity index (χ1n) is 6.94. The number of rotatable bonds is 9. The van der Waals surface area contributed by atoms with E-state index >= 15 is 0 Å². The SMILES string of the molecule is CCOC(=O)c1ccc(NC(=O)CNCCCOC)cc1. The van der Waals surface area contributed by atoms with Gasteiger partial charge in [-0.3, -0.25) is 4.79 Å². The molecule has 116 valence electrons. The van der Waals surface area contributed by atoms with Crippen LogP contribution in [0.5, 0.6) is 0 Å². The Balaban J connectivity index is 2.34. The maximum atomic E-state index is 11.7. The third kappa shape index (κ3) is 6.87. The van der Waals surface area contributed by atoms with Crippen LogP contribution in [0.2, 0.25) is 0 Å². The Hall–Kier alpha value is -1.92. The maximum Gasteiger partial charge on any atom is 0.338 e. The molecule has 0 aliphatic rings. The predicted octanol–water partition coefficient (Wildman–Crippen LogP) is 1.43. The van der Waals surface area contributed by atoms with Gasteiger partial charge in [0.15, 0.2) is 0 Å². The van der Waals surface area contributed by atoms with E-state index in [9.17, 15) is 9.59 Å². The second-order valence-electron chi connectivity index (χ2n) is 4.37. The molecule has 0 aromatic heterocycles. The summed E-state index contributed by atoms with van der Waals surface area (Å²) in [6.07, 6.45) is 0.859. The zero-order valence-corrected chi connectivity index (χ0v) is 12.5. The topological polar surface area (TPSA) is 76.7 Å². The largest absolute Gasteiger partial charge is 0.462 e. The summed E-state index contributed by atoms with van der Waals surface area (Å²) >= 11 is 0. The summed E-state index contributed by atoms with van der Waals surface area (Å²) in [7, 11) is 1.65. The molecule has 6 nitrogen and oxygen atoms in total. The molecule has 0 saturated heterocycles. The lowest BCUT2D eigenvalue weighted by molar-refractivity contribution is -0.115. The van der Waals surface area contributed by atoms with Crippen molar-refractivity contribution >= 4 is 17.6 Å². The molecule has 0 spiro atoms. The number of carbonyl (C=O) groups excluding carboxylic acids is 2. The molecule has 1 aromatic carbocycles. The van der Waals surface area contributed by atoms with Crippen molar-refractivity contribution in [3.05, 3.63) is 29.8 Å². The van der Waals surface area contributed by atoms with Gasteiger partial charge < -0.3 is 20.1 Å². The lowest BCUT2D eigenvalue weighted by Crippen LogP contribution is -2.29. The second kappa shape index (κ2) is 9.90. The molecule has 1 aromatic rings. The summed E-state index contributed by atoms with van der Waals surface area (Å²) in [6.45, 7) is 3.73. The van der Waals surface area contributed by atoms with Crippen LogP contribution in [-0.4, -0.2) is 45.3 Å². The number of ether oxygens (including phenoxy) is 2. The van der Waals surface area contributed by atoms with Gasteiger partial charge in [-0.25, -0.2) is 4.79 Å². The predicted molar refractivity (Wildman–Crippen MR) is 80.4 cm³/mol. The first kappa shape index (κ1) is 17.1. The number of anilines is 1. The van der Waals surface area contributed by atoms with Crippen LogP contribution in [0.1, 0.15) is 23.7 Å². The number of carbonyl (C=O) groups is 2. The zero-order chi connectivity index (χ0) is 15.5. The van der Waals surface area contributed by atoms with Crippen LogP contribution < -0.4 is 10.6 Å². The van der Waals surface area contributed by atoms with E-state index in [-0.39, 0.29) is 18.4 Å². The van der Waals surface area contributed by atoms with Gasteiger partial charge in [0, 0.05) is 19.4 Å². The Bertz CT molecular complexity index is 445. The molecule has 0 heterocycles. The highest BCUT2D eigenvalue weighted by atomic mass is 16.5. The van der Waals surface area contributed by atoms with Crippen LogP contribution in [0, 0.1) is 0 Å². The molecule has 21 heavy (non-hydrogen) atoms. The van der Waals surface area contributed by atoms with E-state index in [0.29, 0.717) is 24.5 Å². The van der Waals surface area contributed by atoms with E-state index in [2.05, 4.69) is 10.6 Å². The van der Waals surface area contributed by atoms with Crippen molar-refractivity contribution in [3.8, 4) is 0 Å². The van der Waals surface area contributed by atoms with Gasteiger partial charge >= 0.3 is 5.97 Å². The van der Waals surface area contributed by atoms with Gasteiger partial charge in [-0.1, -0.05) is 0 Å². The summed E-state index contributed by atoms with van der Waals surface area (Å²) in [5, 5.41) is 5.77. The van der Waals surface area contributed by atoms with E-state index in [1.165, 1.54) is 0 Å². The number of esters is 1. The van der Waals surface area contributed by atoms with Crippen LogP contribution in [-0.2, 0) is 14.3 Å². The average Bonchev–Trinajstić information content (AvgIpc) is 2.48. The second-order valence-corrected chi connectivity index (χ2v) is 4.37. The van der Waals surface area contributed by atoms with Crippen molar-refractivity contribution in [2.75, 3.05) is 38.7 Å². The monoisotopic (exact) mass is 294 g/mol. The molecule has 1 rings (SSSR count). The third-order valence-electron chi connectivity index (χ3n) is 2.67. The lowest BCUT2D eigenvalue weighted by Gasteiger charge is -2.07. The van der Waals surface area contributed by atoms with Gasteiger partial charge in [-0.15, -0.1) is 0 Å². The van der Waals surface area contributed by atoms with Gasteiger partial charge in [0.1, 0.15) is 0 Å². The molecule has 0 bridgehead atoms. The first-order chi connectivity index (χ1) is 10.2. The van der Waals surface area contributed by atoms with E-state index in [4.69, 9.17) is 9.47 Å². The molecular weight excluding hydrogens is 272 g/mol. The average molecular weight is 294 g/mol. The Labute approximate surface area is 124 Å². The molecule has 0 saturated carbocycles. The number of methoxy groups -OCH3 is 1. The minimum Gasteiger partial charge on any atom is -0.462 e. The molecule has 0 aliphatic carbocycles. The van der Waals surface area contributed by atoms with Crippen molar-refractivity contribution in [2.45, 2.75) is 13.3 Å². The van der Waals surface area contributed by atoms with E-state index in [1.807, 2.05) is 0 Å². The van der Waals surface area contributed by atoms with Gasteiger partial charge in [-0.2, -0.15) is 0 Å². The summed E-state index contributed by atoms with van der Waals surface area (Å²) in [5.41, 5.74) is 1.11. The molecule has 0 unspecified atom stereocenters. The summed E-state index contributed by atoms with van der Waals surface area (Å²) in [6, 6.07) is 6.60. The minimum atomic E-state index is -0.366. The maximum absolute atomic E-state index is 11.7. The van der Waals surface area contributed by atoms with Crippen LogP contribution in [0.15, 0.2) is 24.3 Å². The number of hydrogen-bond acceptors (Lipinski definition) is 5. The molecule has 6 heteroatoms. The van der Waals surface area contributed by atoms with Crippen LogP contribution in [0.25, 0.3) is 0 Å². The number of hydrogen-bond donors (Lipinski definition) is 2. The van der Waals surface area contributed by atoms with E-state index in [1.54, 1.807) is 38.3 Å². The van der Waals surface area contributed by atoms with Crippen molar-refractivity contribution < 1.29 is 19.1 Å². The Morgan fingerprint density at radius 3 is 2.52 bits per heavy atom. The smallest absolute Gasteiger partial charge is 0.338 e. The fourth-order valence-corrected chi connectivity index (χ4v) is 1.65. The fraction of sp³-hybridized carbons (Fsp3) is 0.467. The highest BCUT2D eigenvalue weighted by molar-refractivity contribution is 5.93. The minimum absolute atomic E-state index is 0.128. The standard InChI is InChI=1S/C15H22N2O4/c1-3-21-15(19)12-5-7-13(8-6-12)17-14(18)11-16-9-4-10-20-2/h5-8,16H,3-4,9-11H2,1-2H3,(H,17,18). The molecule has 0 radical (unpaired) electrons. The number of nitrogens with one attached hydrogen (secondary N) is 2. The first-order valence-corrected chi connectivity index (χ1v) is 6.94. The highest BCUT2D eigenvalue weighted by Crippen LogP contribution is 2.10. The highest BCUT2D eigenvalue weighted by Gasteiger charge is 2.06. The Morgan fingerprint density at radius 1 is 1.19 bits per heavy atom. The molecule has 0 fully saturated rings. The molecule has 0 aliphatic heterocycles. The molecule has 2 N–H and O–H groups in total. The number of amides is 1. The van der Waals surface area contributed by atoms with Crippen LogP contribution >= 0.6 is 0 Å². The van der Waals surface area contributed by atoms with Crippen LogP contribution in [0.4, 0.5) is 5.69 Å². The van der Waals surface area contributed by atoms with Crippen LogP contribution in [0.3, 0.4) is 0 Å². The lowest BCUT2D eigenvalue weighted by atomic mass is 10.2. The zero-order valence-electron chi connectivity index (χ0n) is 12.5. The molecular formula is C15H22N2O4. The van der Waals surface area contributed by atoms with E-state index in [0.717, 1.165) is 13.0 Å². The summed E-state index contributed by atoms with van der Waals surface area (Å²) < 4.78 is 9.80. The Morgan fingerprint density at radius 2 is 1.90 bits per heavy atom. The summed E-state index contributed by atoms with van der Waals surface area (Å²) in [5.74, 6) is -0.494. The van der Waals surface area contributed by atoms with Crippen molar-refractivity contribution in [1.82, 2.24) is 5.32 Å². The van der Waals surface area contributed by atoms with Crippen molar-refractivity contribution in [2.24, 2.45) is 0 Å². The Kier molecular flexibility index (Phi) is 8.08. The van der Waals surface area contributed by atoms with Crippen molar-refractivity contribution in [3.63, 3.8) is 0 Å². The molecule has 0 atom stereocenters.